The van der Waals surface area contributed by atoms with E-state index >= 15 is 0 Å². The van der Waals surface area contributed by atoms with E-state index in [2.05, 4.69) is 5.73 Å². The van der Waals surface area contributed by atoms with Crippen LogP contribution < -0.4 is 11.5 Å². The summed E-state index contributed by atoms with van der Waals surface area (Å²) in [7, 11) is 1.50. The maximum atomic E-state index is 12.7. The topological polar surface area (TPSA) is 93.0 Å². The summed E-state index contributed by atoms with van der Waals surface area (Å²) in [5.41, 5.74) is 10.5. The summed E-state index contributed by atoms with van der Waals surface area (Å²) in [4.78, 5) is 11.3. The highest BCUT2D eigenvalue weighted by molar-refractivity contribution is 5.86. The molecule has 178 valence electrons. The maximum absolute atomic E-state index is 12.7. The van der Waals surface area contributed by atoms with Crippen LogP contribution >= 0.6 is 0 Å². The summed E-state index contributed by atoms with van der Waals surface area (Å²) in [5.74, 6) is 0. The highest BCUT2D eigenvalue weighted by Gasteiger charge is 2.36. The predicted molar refractivity (Wildman–Crippen MR) is 118 cm³/mol. The molecule has 0 aliphatic heterocycles. The molecule has 0 aromatic heterocycles. The van der Waals surface area contributed by atoms with Gasteiger partial charge in [0.1, 0.15) is 6.29 Å². The van der Waals surface area contributed by atoms with Gasteiger partial charge in [0, 0.05) is 23.9 Å². The van der Waals surface area contributed by atoms with E-state index < -0.39 is 30.0 Å². The van der Waals surface area contributed by atoms with Crippen LogP contribution in [0.25, 0.3) is 0 Å². The first kappa shape index (κ1) is 29.2. The molecule has 5 N–H and O–H groups in total. The van der Waals surface area contributed by atoms with Gasteiger partial charge in [0.05, 0.1) is 11.0 Å². The lowest BCUT2D eigenvalue weighted by atomic mass is 9.75. The zero-order valence-electron chi connectivity index (χ0n) is 18.3. The average molecular weight is 460 g/mol. The van der Waals surface area contributed by atoms with Crippen molar-refractivity contribution in [3.05, 3.63) is 64.7 Å². The summed E-state index contributed by atoms with van der Waals surface area (Å²) < 4.78 is 62.7. The third kappa shape index (κ3) is 8.37. The molecule has 0 amide bonds. The van der Waals surface area contributed by atoms with Crippen LogP contribution in [0.3, 0.4) is 0 Å². The van der Waals surface area contributed by atoms with Crippen molar-refractivity contribution in [2.75, 3.05) is 12.8 Å². The normalized spacial score (nSPS) is 12.6. The Kier molecular flexibility index (Phi) is 12.4. The lowest BCUT2D eigenvalue weighted by Crippen LogP contribution is -2.30. The van der Waals surface area contributed by atoms with Gasteiger partial charge in [0.15, 0.2) is 0 Å². The summed E-state index contributed by atoms with van der Waals surface area (Å²) in [6.45, 7) is 3.67. The van der Waals surface area contributed by atoms with E-state index in [0.717, 1.165) is 35.4 Å². The molecule has 2 aromatic carbocycles. The number of aryl methyl sites for hydroxylation is 1. The molecule has 0 bridgehead atoms. The second-order valence-electron chi connectivity index (χ2n) is 6.92. The number of halogens is 5. The monoisotopic (exact) mass is 459 g/mol. The number of rotatable bonds is 7. The smallest absolute Gasteiger partial charge is 0.398 e. The SMILES string of the molecule is CCCC(C=O)(CC(F)F)c1ccc(C(F)(F)F)cc1.CN.Cc1cccc(N)c1C=N. The molecule has 2 aromatic rings. The zero-order chi connectivity index (χ0) is 24.9. The Hall–Kier alpha value is -2.81. The Labute approximate surface area is 185 Å². The number of nitrogens with one attached hydrogen (secondary N) is 1. The second kappa shape index (κ2) is 13.6. The first-order valence-corrected chi connectivity index (χ1v) is 9.86. The van der Waals surface area contributed by atoms with Gasteiger partial charge in [-0.2, -0.15) is 13.2 Å². The quantitative estimate of drug-likeness (QED) is 0.213. The minimum Gasteiger partial charge on any atom is -0.398 e. The molecule has 9 heteroatoms. The van der Waals surface area contributed by atoms with Crippen molar-refractivity contribution in [1.29, 1.82) is 5.41 Å². The molecule has 32 heavy (non-hydrogen) atoms. The molecule has 0 aliphatic carbocycles. The number of hydrogen-bond donors (Lipinski definition) is 3. The lowest BCUT2D eigenvalue weighted by Gasteiger charge is -2.28. The molecular formula is C23H30F5N3O. The average Bonchev–Trinajstić information content (AvgIpc) is 2.74. The van der Waals surface area contributed by atoms with Crippen molar-refractivity contribution < 1.29 is 26.7 Å². The van der Waals surface area contributed by atoms with E-state index in [9.17, 15) is 26.7 Å². The van der Waals surface area contributed by atoms with Gasteiger partial charge in [-0.05, 0) is 49.7 Å². The molecule has 0 radical (unpaired) electrons. The van der Waals surface area contributed by atoms with Crippen molar-refractivity contribution in [2.24, 2.45) is 5.73 Å². The van der Waals surface area contributed by atoms with E-state index in [1.165, 1.54) is 13.3 Å². The first-order chi connectivity index (χ1) is 15.0. The molecule has 0 aliphatic rings. The van der Waals surface area contributed by atoms with Crippen LogP contribution in [-0.4, -0.2) is 26.0 Å². The van der Waals surface area contributed by atoms with Gasteiger partial charge in [-0.15, -0.1) is 0 Å². The molecule has 0 spiro atoms. The van der Waals surface area contributed by atoms with E-state index in [-0.39, 0.29) is 12.0 Å². The van der Waals surface area contributed by atoms with Crippen molar-refractivity contribution in [3.63, 3.8) is 0 Å². The predicted octanol–water partition coefficient (Wildman–Crippen LogP) is 5.75. The number of hydrogen-bond acceptors (Lipinski definition) is 4. The summed E-state index contributed by atoms with van der Waals surface area (Å²) in [6.07, 6.45) is -5.52. The van der Waals surface area contributed by atoms with E-state index in [1.807, 2.05) is 19.1 Å². The van der Waals surface area contributed by atoms with Crippen molar-refractivity contribution in [2.45, 2.75) is 51.1 Å². The highest BCUT2D eigenvalue weighted by atomic mass is 19.4. The summed E-state index contributed by atoms with van der Waals surface area (Å²) in [6, 6.07) is 9.47. The van der Waals surface area contributed by atoms with Crippen molar-refractivity contribution in [3.8, 4) is 0 Å². The molecule has 0 saturated heterocycles. The van der Waals surface area contributed by atoms with Crippen LogP contribution in [0.5, 0.6) is 0 Å². The van der Waals surface area contributed by atoms with Crippen LogP contribution in [-0.2, 0) is 16.4 Å². The summed E-state index contributed by atoms with van der Waals surface area (Å²) >= 11 is 0. The zero-order valence-corrected chi connectivity index (χ0v) is 18.3. The number of alkyl halides is 5. The van der Waals surface area contributed by atoms with Crippen LogP contribution in [0.1, 0.15) is 48.4 Å². The van der Waals surface area contributed by atoms with Crippen LogP contribution in [0.4, 0.5) is 27.6 Å². The maximum Gasteiger partial charge on any atom is 0.416 e. The molecule has 0 saturated carbocycles. The van der Waals surface area contributed by atoms with E-state index in [4.69, 9.17) is 11.1 Å². The number of anilines is 1. The lowest BCUT2D eigenvalue weighted by molar-refractivity contribution is -0.137. The number of carbonyl (C=O) groups excluding carboxylic acids is 1. The molecule has 1 unspecified atom stereocenters. The number of aldehydes is 1. The number of benzene rings is 2. The summed E-state index contributed by atoms with van der Waals surface area (Å²) in [5, 5.41) is 7.02. The van der Waals surface area contributed by atoms with Crippen molar-refractivity contribution in [1.82, 2.24) is 0 Å². The van der Waals surface area contributed by atoms with Gasteiger partial charge in [-0.3, -0.25) is 0 Å². The fourth-order valence-corrected chi connectivity index (χ4v) is 3.15. The Balaban J connectivity index is 0.000000668. The Morgan fingerprint density at radius 1 is 1.03 bits per heavy atom. The van der Waals surface area contributed by atoms with Gasteiger partial charge >= 0.3 is 6.18 Å². The van der Waals surface area contributed by atoms with Gasteiger partial charge in [0.2, 0.25) is 6.43 Å². The molecule has 2 rings (SSSR count). The van der Waals surface area contributed by atoms with Gasteiger partial charge in [0.25, 0.3) is 0 Å². The molecule has 1 atom stereocenters. The van der Waals surface area contributed by atoms with Crippen molar-refractivity contribution >= 4 is 18.2 Å². The fourth-order valence-electron chi connectivity index (χ4n) is 3.15. The van der Waals surface area contributed by atoms with E-state index in [1.54, 1.807) is 13.0 Å². The second-order valence-corrected chi connectivity index (χ2v) is 6.92. The molecule has 0 heterocycles. The standard InChI is InChI=1S/C14H15F5O.C8H10N2.CH5N/c1-2-7-13(9-20,8-12(15)16)10-3-5-11(6-4-10)14(17,18)19;1-6-3-2-4-8(10)7(6)5-9;1-2/h3-6,9,12H,2,7-8H2,1H3;2-5,9H,10H2,1H3;2H2,1H3. The van der Waals surface area contributed by atoms with Crippen LogP contribution in [0.15, 0.2) is 42.5 Å². The number of carbonyl (C=O) groups is 1. The largest absolute Gasteiger partial charge is 0.416 e. The Morgan fingerprint density at radius 2 is 1.56 bits per heavy atom. The van der Waals surface area contributed by atoms with Crippen LogP contribution in [0.2, 0.25) is 0 Å². The number of nitrogens with two attached hydrogens (primary N) is 2. The highest BCUT2D eigenvalue weighted by Crippen LogP contribution is 2.36. The third-order valence-corrected chi connectivity index (χ3v) is 4.73. The van der Waals surface area contributed by atoms with Gasteiger partial charge < -0.3 is 21.7 Å². The minimum atomic E-state index is -4.49. The number of nitrogen functional groups attached to an aromatic ring is 1. The minimum absolute atomic E-state index is 0.173. The fraction of sp³-hybridized carbons (Fsp3) is 0.391. The van der Waals surface area contributed by atoms with E-state index in [0.29, 0.717) is 18.4 Å². The van der Waals surface area contributed by atoms with Gasteiger partial charge in [-0.1, -0.05) is 37.6 Å². The third-order valence-electron chi connectivity index (χ3n) is 4.73. The Morgan fingerprint density at radius 3 is 1.91 bits per heavy atom. The molecule has 0 fully saturated rings. The Bertz CT molecular complexity index is 818. The van der Waals surface area contributed by atoms with Gasteiger partial charge in [-0.25, -0.2) is 8.78 Å². The molecule has 4 nitrogen and oxygen atoms in total. The van der Waals surface area contributed by atoms with Crippen LogP contribution in [0, 0.1) is 12.3 Å². The molecular weight excluding hydrogens is 429 g/mol. The first-order valence-electron chi connectivity index (χ1n) is 9.86.